The van der Waals surface area contributed by atoms with Crippen LogP contribution < -0.4 is 5.32 Å². The van der Waals surface area contributed by atoms with E-state index in [1.54, 1.807) is 6.20 Å². The average molecular weight is 368 g/mol. The van der Waals surface area contributed by atoms with Crippen LogP contribution in [0.15, 0.2) is 12.3 Å². The maximum atomic E-state index is 13.8. The fourth-order valence-corrected chi connectivity index (χ4v) is 6.88. The van der Waals surface area contributed by atoms with Gasteiger partial charge in [-0.15, -0.1) is 0 Å². The van der Waals surface area contributed by atoms with Crippen LogP contribution in [0, 0.1) is 23.2 Å². The molecule has 0 unspecified atom stereocenters. The lowest BCUT2D eigenvalue weighted by Gasteiger charge is -2.57. The Balaban J connectivity index is 1.27. The van der Waals surface area contributed by atoms with E-state index in [1.165, 1.54) is 19.3 Å². The molecule has 144 valence electrons. The lowest BCUT2D eigenvalue weighted by Crippen LogP contribution is -2.57. The summed E-state index contributed by atoms with van der Waals surface area (Å²) in [5.41, 5.74) is 0.837. The lowest BCUT2D eigenvalue weighted by molar-refractivity contribution is -0.160. The highest BCUT2D eigenvalue weighted by molar-refractivity contribution is 5.86. The first-order chi connectivity index (χ1) is 13.1. The van der Waals surface area contributed by atoms with Crippen LogP contribution in [0.4, 0.5) is 0 Å². The summed E-state index contributed by atoms with van der Waals surface area (Å²) in [6.45, 7) is 1.06. The highest BCUT2D eigenvalue weighted by Crippen LogP contribution is 2.60. The molecular weight excluding hydrogens is 340 g/mol. The van der Waals surface area contributed by atoms with Crippen LogP contribution in [0.25, 0.3) is 0 Å². The molecule has 0 radical (unpaired) electrons. The van der Waals surface area contributed by atoms with Crippen LogP contribution in [0.3, 0.4) is 0 Å². The predicted molar refractivity (Wildman–Crippen MR) is 98.5 cm³/mol. The van der Waals surface area contributed by atoms with Gasteiger partial charge in [-0.25, -0.2) is 0 Å². The van der Waals surface area contributed by atoms with Crippen molar-refractivity contribution in [1.29, 1.82) is 0 Å². The molecule has 1 aromatic heterocycles. The monoisotopic (exact) mass is 368 g/mol. The molecular formula is C21H28N4O2. The SMILES string of the molecule is O=C(NC1CC1)[C@@H]1CN(C(=O)C23CC4CC(CC(C4)C2)C3)Cc2ccnn21. The molecule has 0 spiro atoms. The van der Waals surface area contributed by atoms with Gasteiger partial charge in [-0.05, 0) is 75.2 Å². The van der Waals surface area contributed by atoms with Gasteiger partial charge in [0.2, 0.25) is 11.8 Å². The topological polar surface area (TPSA) is 67.2 Å². The van der Waals surface area contributed by atoms with Crippen LogP contribution in [-0.2, 0) is 16.1 Å². The number of amides is 2. The zero-order valence-electron chi connectivity index (χ0n) is 15.8. The average Bonchev–Trinajstić information content (AvgIpc) is 3.32. The Kier molecular flexibility index (Phi) is 3.34. The predicted octanol–water partition coefficient (Wildman–Crippen LogP) is 2.26. The molecule has 6 aliphatic rings. The molecule has 6 nitrogen and oxygen atoms in total. The third-order valence-corrected chi connectivity index (χ3v) is 7.80. The maximum Gasteiger partial charge on any atom is 0.246 e. The normalized spacial score (nSPS) is 39.3. The van der Waals surface area contributed by atoms with Gasteiger partial charge in [-0.3, -0.25) is 14.3 Å². The zero-order valence-corrected chi connectivity index (χ0v) is 15.8. The fourth-order valence-electron chi connectivity index (χ4n) is 6.88. The van der Waals surface area contributed by atoms with E-state index in [1.807, 2.05) is 15.6 Å². The van der Waals surface area contributed by atoms with Crippen molar-refractivity contribution in [3.8, 4) is 0 Å². The van der Waals surface area contributed by atoms with Gasteiger partial charge in [-0.2, -0.15) is 5.10 Å². The summed E-state index contributed by atoms with van der Waals surface area (Å²) in [5, 5.41) is 7.50. The molecule has 1 N–H and O–H groups in total. The molecule has 2 heterocycles. The van der Waals surface area contributed by atoms with Crippen molar-refractivity contribution in [1.82, 2.24) is 20.0 Å². The van der Waals surface area contributed by atoms with Crippen LogP contribution >= 0.6 is 0 Å². The minimum Gasteiger partial charge on any atom is -0.351 e. The van der Waals surface area contributed by atoms with Crippen molar-refractivity contribution in [2.45, 2.75) is 70.0 Å². The van der Waals surface area contributed by atoms with Crippen molar-refractivity contribution in [2.24, 2.45) is 23.2 Å². The standard InChI is InChI=1S/C21H28N4O2/c26-19(23-16-1-2-16)18-12-24(11-17-3-4-22-25(17)18)20(27)21-8-13-5-14(9-21)7-15(6-13)10-21/h3-4,13-16,18H,1-2,5-12H2,(H,23,26)/t13?,14?,15?,18-,21?/m0/s1. The van der Waals surface area contributed by atoms with Gasteiger partial charge in [0.15, 0.2) is 0 Å². The van der Waals surface area contributed by atoms with Gasteiger partial charge in [-0.1, -0.05) is 0 Å². The van der Waals surface area contributed by atoms with Gasteiger partial charge in [0, 0.05) is 12.2 Å². The van der Waals surface area contributed by atoms with Crippen LogP contribution in [0.1, 0.15) is 63.1 Å². The fraction of sp³-hybridized carbons (Fsp3) is 0.762. The van der Waals surface area contributed by atoms with Crippen LogP contribution in [0.5, 0.6) is 0 Å². The van der Waals surface area contributed by atoms with E-state index >= 15 is 0 Å². The van der Waals surface area contributed by atoms with Gasteiger partial charge in [0.25, 0.3) is 0 Å². The van der Waals surface area contributed by atoms with Crippen LogP contribution in [0.2, 0.25) is 0 Å². The Morgan fingerprint density at radius 3 is 2.37 bits per heavy atom. The Morgan fingerprint density at radius 2 is 1.74 bits per heavy atom. The van der Waals surface area contributed by atoms with Crippen molar-refractivity contribution >= 4 is 11.8 Å². The number of nitrogens with one attached hydrogen (secondary N) is 1. The second-order valence-electron chi connectivity index (χ2n) is 9.95. The molecule has 6 heteroatoms. The Hall–Kier alpha value is -1.85. The first kappa shape index (κ1) is 16.1. The number of rotatable bonds is 3. The molecule has 2 amide bonds. The summed E-state index contributed by atoms with van der Waals surface area (Å²) in [6.07, 6.45) is 11.1. The number of carbonyl (C=O) groups excluding carboxylic acids is 2. The summed E-state index contributed by atoms with van der Waals surface area (Å²) in [6, 6.07) is 1.89. The number of hydrogen-bond acceptors (Lipinski definition) is 3. The minimum atomic E-state index is -0.387. The summed E-state index contributed by atoms with van der Waals surface area (Å²) in [7, 11) is 0. The van der Waals surface area contributed by atoms with E-state index in [4.69, 9.17) is 0 Å². The van der Waals surface area contributed by atoms with Crippen LogP contribution in [-0.4, -0.2) is 39.1 Å². The second-order valence-corrected chi connectivity index (χ2v) is 9.95. The first-order valence-electron chi connectivity index (χ1n) is 10.7. The summed E-state index contributed by atoms with van der Waals surface area (Å²) in [5.74, 6) is 2.60. The van der Waals surface area contributed by atoms with Gasteiger partial charge < -0.3 is 10.2 Å². The molecule has 0 saturated heterocycles. The molecule has 1 atom stereocenters. The quantitative estimate of drug-likeness (QED) is 0.890. The Labute approximate surface area is 159 Å². The number of carbonyl (C=O) groups is 2. The zero-order chi connectivity index (χ0) is 18.2. The van der Waals surface area contributed by atoms with Crippen molar-refractivity contribution in [3.05, 3.63) is 18.0 Å². The summed E-state index contributed by atoms with van der Waals surface area (Å²) >= 11 is 0. The Bertz CT molecular complexity index is 761. The van der Waals surface area contributed by atoms with Gasteiger partial charge in [0.05, 0.1) is 24.2 Å². The van der Waals surface area contributed by atoms with E-state index in [9.17, 15) is 9.59 Å². The Morgan fingerprint density at radius 1 is 1.07 bits per heavy atom. The number of hydrogen-bond donors (Lipinski definition) is 1. The van der Waals surface area contributed by atoms with Crippen molar-refractivity contribution in [3.63, 3.8) is 0 Å². The summed E-state index contributed by atoms with van der Waals surface area (Å²) < 4.78 is 1.83. The molecule has 4 bridgehead atoms. The van der Waals surface area contributed by atoms with E-state index < -0.39 is 0 Å². The molecule has 1 aromatic rings. The van der Waals surface area contributed by atoms with Gasteiger partial charge >= 0.3 is 0 Å². The molecule has 0 aromatic carbocycles. The smallest absolute Gasteiger partial charge is 0.246 e. The largest absolute Gasteiger partial charge is 0.351 e. The molecule has 5 aliphatic carbocycles. The molecule has 5 saturated carbocycles. The highest BCUT2D eigenvalue weighted by atomic mass is 16.2. The summed E-state index contributed by atoms with van der Waals surface area (Å²) in [4.78, 5) is 28.6. The number of fused-ring (bicyclic) bond motifs is 1. The second kappa shape index (κ2) is 5.58. The number of aromatic nitrogens is 2. The minimum absolute atomic E-state index is 0.0189. The third kappa shape index (κ3) is 2.55. The number of nitrogens with zero attached hydrogens (tertiary/aromatic N) is 3. The molecule has 5 fully saturated rings. The molecule has 7 rings (SSSR count). The van der Waals surface area contributed by atoms with E-state index in [2.05, 4.69) is 10.4 Å². The van der Waals surface area contributed by atoms with Gasteiger partial charge in [0.1, 0.15) is 6.04 Å². The van der Waals surface area contributed by atoms with E-state index in [0.29, 0.717) is 25.0 Å². The van der Waals surface area contributed by atoms with Crippen molar-refractivity contribution in [2.75, 3.05) is 6.54 Å². The van der Waals surface area contributed by atoms with E-state index in [0.717, 1.165) is 55.6 Å². The lowest BCUT2D eigenvalue weighted by atomic mass is 9.49. The van der Waals surface area contributed by atoms with E-state index in [-0.39, 0.29) is 17.4 Å². The highest BCUT2D eigenvalue weighted by Gasteiger charge is 2.56. The molecule has 1 aliphatic heterocycles. The third-order valence-electron chi connectivity index (χ3n) is 7.80. The molecule has 27 heavy (non-hydrogen) atoms. The van der Waals surface area contributed by atoms with Crippen molar-refractivity contribution < 1.29 is 9.59 Å². The first-order valence-corrected chi connectivity index (χ1v) is 10.7. The maximum absolute atomic E-state index is 13.8.